The summed E-state index contributed by atoms with van der Waals surface area (Å²) in [5.41, 5.74) is -0.651. The van der Waals surface area contributed by atoms with E-state index in [0.717, 1.165) is 32.1 Å². The molecule has 3 N–H and O–H groups in total. The van der Waals surface area contributed by atoms with E-state index in [1.54, 1.807) is 0 Å². The van der Waals surface area contributed by atoms with E-state index in [1.807, 2.05) is 13.8 Å². The molecule has 0 aromatic rings. The summed E-state index contributed by atoms with van der Waals surface area (Å²) < 4.78 is 26.3. The van der Waals surface area contributed by atoms with Crippen molar-refractivity contribution in [2.24, 2.45) is 0 Å². The van der Waals surface area contributed by atoms with Crippen LogP contribution in [-0.2, 0) is 14.8 Å². The van der Waals surface area contributed by atoms with Gasteiger partial charge in [-0.05, 0) is 44.9 Å². The van der Waals surface area contributed by atoms with E-state index in [1.165, 1.54) is 0 Å². The topological polar surface area (TPSA) is 104 Å². The van der Waals surface area contributed by atoms with Gasteiger partial charge in [-0.25, -0.2) is 13.1 Å². The zero-order valence-electron chi connectivity index (χ0n) is 15.2. The normalized spacial score (nSPS) is 14.5. The van der Waals surface area contributed by atoms with E-state index in [2.05, 4.69) is 4.72 Å². The Kier molecular flexibility index (Phi) is 12.3. The molecule has 0 aliphatic carbocycles. The third-order valence-corrected chi connectivity index (χ3v) is 5.79. The fourth-order valence-electron chi connectivity index (χ4n) is 2.74. The number of nitrogens with one attached hydrogen (secondary N) is 1. The third kappa shape index (κ3) is 12.7. The first-order chi connectivity index (χ1) is 11.2. The van der Waals surface area contributed by atoms with E-state index < -0.39 is 21.6 Å². The van der Waals surface area contributed by atoms with Gasteiger partial charge < -0.3 is 10.2 Å². The van der Waals surface area contributed by atoms with Crippen LogP contribution in [0.15, 0.2) is 0 Å². The van der Waals surface area contributed by atoms with E-state index in [0.29, 0.717) is 38.6 Å². The molecule has 1 atom stereocenters. The number of aliphatic carboxylic acids is 1. The number of carboxylic acid groups (broad SMARTS) is 1. The Hall–Kier alpha value is -0.660. The summed E-state index contributed by atoms with van der Waals surface area (Å²) in [6.07, 6.45) is 7.48. The molecule has 0 aromatic carbocycles. The maximum atomic E-state index is 11.9. The molecule has 0 saturated heterocycles. The van der Waals surface area contributed by atoms with Gasteiger partial charge in [0.1, 0.15) is 0 Å². The SMILES string of the molecule is CCCC(O)(CC)CCCCS(=O)(=O)NCCCCCCC(=O)O. The van der Waals surface area contributed by atoms with Crippen LogP contribution in [0.3, 0.4) is 0 Å². The molecule has 0 fully saturated rings. The smallest absolute Gasteiger partial charge is 0.303 e. The van der Waals surface area contributed by atoms with Crippen molar-refractivity contribution in [2.45, 2.75) is 90.1 Å². The number of carbonyl (C=O) groups is 1. The van der Waals surface area contributed by atoms with Gasteiger partial charge in [-0.2, -0.15) is 0 Å². The lowest BCUT2D eigenvalue weighted by atomic mass is 9.89. The maximum Gasteiger partial charge on any atom is 0.303 e. The minimum Gasteiger partial charge on any atom is -0.481 e. The van der Waals surface area contributed by atoms with Crippen LogP contribution < -0.4 is 4.72 Å². The lowest BCUT2D eigenvalue weighted by Crippen LogP contribution is -2.29. The average molecular weight is 366 g/mol. The minimum absolute atomic E-state index is 0.0952. The van der Waals surface area contributed by atoms with Crippen molar-refractivity contribution in [1.29, 1.82) is 0 Å². The molecule has 6 nitrogen and oxygen atoms in total. The van der Waals surface area contributed by atoms with Crippen LogP contribution in [0.1, 0.15) is 84.5 Å². The van der Waals surface area contributed by atoms with Gasteiger partial charge in [-0.15, -0.1) is 0 Å². The van der Waals surface area contributed by atoms with Crippen molar-refractivity contribution in [3.05, 3.63) is 0 Å². The van der Waals surface area contributed by atoms with Crippen molar-refractivity contribution in [3.63, 3.8) is 0 Å². The molecule has 0 aromatic heterocycles. The highest BCUT2D eigenvalue weighted by atomic mass is 32.2. The summed E-state index contributed by atoms with van der Waals surface area (Å²) in [4.78, 5) is 10.4. The number of rotatable bonds is 16. The largest absolute Gasteiger partial charge is 0.481 e. The third-order valence-electron chi connectivity index (χ3n) is 4.32. The molecule has 0 amide bonds. The molecule has 144 valence electrons. The Balaban J connectivity index is 3.77. The quantitative estimate of drug-likeness (QED) is 0.365. The molecular weight excluding hydrogens is 330 g/mol. The standard InChI is InChI=1S/C17H35NO5S/c1-3-12-17(21,4-2)13-8-10-15-24(22,23)18-14-9-6-5-7-11-16(19)20/h18,21H,3-15H2,1-2H3,(H,19,20). The number of hydrogen-bond donors (Lipinski definition) is 3. The van der Waals surface area contributed by atoms with Crippen molar-refractivity contribution in [1.82, 2.24) is 4.72 Å². The Morgan fingerprint density at radius 3 is 2.25 bits per heavy atom. The van der Waals surface area contributed by atoms with Crippen molar-refractivity contribution < 1.29 is 23.4 Å². The zero-order valence-corrected chi connectivity index (χ0v) is 16.0. The Morgan fingerprint density at radius 1 is 1.00 bits per heavy atom. The summed E-state index contributed by atoms with van der Waals surface area (Å²) >= 11 is 0. The molecule has 0 aliphatic heterocycles. The molecular formula is C17H35NO5S. The van der Waals surface area contributed by atoms with Gasteiger partial charge in [0.15, 0.2) is 0 Å². The molecule has 0 bridgehead atoms. The number of carboxylic acids is 1. The first-order valence-electron chi connectivity index (χ1n) is 9.16. The zero-order chi connectivity index (χ0) is 18.5. The van der Waals surface area contributed by atoms with E-state index in [9.17, 15) is 18.3 Å². The second-order valence-electron chi connectivity index (χ2n) is 6.56. The van der Waals surface area contributed by atoms with Crippen LogP contribution in [0.5, 0.6) is 0 Å². The summed E-state index contributed by atoms with van der Waals surface area (Å²) in [7, 11) is -3.25. The van der Waals surface area contributed by atoms with Gasteiger partial charge in [0.05, 0.1) is 11.4 Å². The van der Waals surface area contributed by atoms with Gasteiger partial charge in [0.2, 0.25) is 10.0 Å². The average Bonchev–Trinajstić information content (AvgIpc) is 2.51. The van der Waals surface area contributed by atoms with Gasteiger partial charge >= 0.3 is 5.97 Å². The second kappa shape index (κ2) is 12.7. The fourth-order valence-corrected chi connectivity index (χ4v) is 3.93. The lowest BCUT2D eigenvalue weighted by Gasteiger charge is -2.26. The van der Waals surface area contributed by atoms with E-state index >= 15 is 0 Å². The van der Waals surface area contributed by atoms with E-state index in [4.69, 9.17) is 5.11 Å². The van der Waals surface area contributed by atoms with Crippen LogP contribution >= 0.6 is 0 Å². The van der Waals surface area contributed by atoms with Crippen LogP contribution in [0, 0.1) is 0 Å². The van der Waals surface area contributed by atoms with Crippen LogP contribution in [-0.4, -0.2) is 42.5 Å². The summed E-state index contributed by atoms with van der Waals surface area (Å²) in [6.45, 7) is 4.41. The fraction of sp³-hybridized carbons (Fsp3) is 0.941. The molecule has 1 unspecified atom stereocenters. The summed E-state index contributed by atoms with van der Waals surface area (Å²) in [5.74, 6) is -0.692. The minimum atomic E-state index is -3.25. The van der Waals surface area contributed by atoms with E-state index in [-0.39, 0.29) is 12.2 Å². The number of sulfonamides is 1. The van der Waals surface area contributed by atoms with Crippen LogP contribution in [0.4, 0.5) is 0 Å². The van der Waals surface area contributed by atoms with Gasteiger partial charge in [-0.1, -0.05) is 33.1 Å². The second-order valence-corrected chi connectivity index (χ2v) is 8.48. The summed E-state index contributed by atoms with van der Waals surface area (Å²) in [5, 5.41) is 18.8. The van der Waals surface area contributed by atoms with Gasteiger partial charge in [0, 0.05) is 13.0 Å². The Labute approximate surface area is 147 Å². The first-order valence-corrected chi connectivity index (χ1v) is 10.8. The van der Waals surface area contributed by atoms with Gasteiger partial charge in [-0.3, -0.25) is 4.79 Å². The van der Waals surface area contributed by atoms with Crippen LogP contribution in [0.2, 0.25) is 0 Å². The number of unbranched alkanes of at least 4 members (excludes halogenated alkanes) is 4. The molecule has 0 aliphatic rings. The number of aliphatic hydroxyl groups is 1. The molecule has 0 spiro atoms. The summed E-state index contributed by atoms with van der Waals surface area (Å²) in [6, 6.07) is 0. The van der Waals surface area contributed by atoms with Crippen LogP contribution in [0.25, 0.3) is 0 Å². The predicted molar refractivity (Wildman–Crippen MR) is 96.5 cm³/mol. The predicted octanol–water partition coefficient (Wildman–Crippen LogP) is 3.05. The Morgan fingerprint density at radius 2 is 1.67 bits per heavy atom. The molecule has 24 heavy (non-hydrogen) atoms. The molecule has 0 heterocycles. The van der Waals surface area contributed by atoms with Gasteiger partial charge in [0.25, 0.3) is 0 Å². The highest BCUT2D eigenvalue weighted by Crippen LogP contribution is 2.23. The Bertz CT molecular complexity index is 438. The first kappa shape index (κ1) is 23.3. The molecule has 0 rings (SSSR count). The highest BCUT2D eigenvalue weighted by molar-refractivity contribution is 7.89. The number of hydrogen-bond acceptors (Lipinski definition) is 4. The monoisotopic (exact) mass is 365 g/mol. The van der Waals surface area contributed by atoms with Crippen molar-refractivity contribution in [3.8, 4) is 0 Å². The van der Waals surface area contributed by atoms with Crippen molar-refractivity contribution >= 4 is 16.0 Å². The highest BCUT2D eigenvalue weighted by Gasteiger charge is 2.22. The lowest BCUT2D eigenvalue weighted by molar-refractivity contribution is -0.137. The maximum absolute atomic E-state index is 11.9. The van der Waals surface area contributed by atoms with Crippen molar-refractivity contribution in [2.75, 3.05) is 12.3 Å². The molecule has 7 heteroatoms. The molecule has 0 radical (unpaired) electrons. The molecule has 0 saturated carbocycles.